The molecule has 0 bridgehead atoms. The number of phenols is 1. The normalized spacial score (nSPS) is 17.6. The van der Waals surface area contributed by atoms with Crippen molar-refractivity contribution in [3.63, 3.8) is 0 Å². The van der Waals surface area contributed by atoms with Crippen LogP contribution in [0.25, 0.3) is 10.9 Å². The van der Waals surface area contributed by atoms with Gasteiger partial charge in [-0.1, -0.05) is 0 Å². The van der Waals surface area contributed by atoms with Crippen molar-refractivity contribution in [3.8, 4) is 5.75 Å². The van der Waals surface area contributed by atoms with Crippen molar-refractivity contribution in [3.05, 3.63) is 28.6 Å². The Hall–Kier alpha value is -2.69. The number of amides is 1. The zero-order chi connectivity index (χ0) is 19.2. The molecule has 1 aliphatic rings. The van der Waals surface area contributed by atoms with Crippen LogP contribution in [0.5, 0.6) is 5.75 Å². The van der Waals surface area contributed by atoms with Gasteiger partial charge in [0.25, 0.3) is 17.4 Å². The molecule has 140 valence electrons. The van der Waals surface area contributed by atoms with E-state index in [1.54, 1.807) is 0 Å². The highest BCUT2D eigenvalue weighted by molar-refractivity contribution is 7.85. The van der Waals surface area contributed by atoms with Gasteiger partial charge >= 0.3 is 0 Å². The van der Waals surface area contributed by atoms with Crippen molar-refractivity contribution >= 4 is 39.4 Å². The number of rotatable bonds is 4. The van der Waals surface area contributed by atoms with Gasteiger partial charge in [0.2, 0.25) is 11.2 Å². The molecule has 11 heteroatoms. The van der Waals surface area contributed by atoms with E-state index in [1.807, 2.05) is 0 Å². The number of nitrogens with one attached hydrogen (secondary N) is 2. The molecule has 3 rings (SSSR count). The first-order chi connectivity index (χ1) is 12.1. The predicted octanol–water partition coefficient (Wildman–Crippen LogP) is 0.826. The number of alkyl halides is 2. The van der Waals surface area contributed by atoms with Crippen molar-refractivity contribution in [1.29, 1.82) is 0 Å². The summed E-state index contributed by atoms with van der Waals surface area (Å²) in [6, 6.07) is 4.11. The molecule has 3 N–H and O–H groups in total. The number of carbonyl (C=O) groups is 1. The van der Waals surface area contributed by atoms with Crippen LogP contribution in [0.2, 0.25) is 0 Å². The zero-order valence-electron chi connectivity index (χ0n) is 13.9. The number of nitrogens with zero attached hydrogens (tertiary/aromatic N) is 2. The third-order valence-corrected chi connectivity index (χ3v) is 4.99. The number of benzene rings is 1. The van der Waals surface area contributed by atoms with E-state index < -0.39 is 35.1 Å². The van der Waals surface area contributed by atoms with Crippen LogP contribution in [0.15, 0.2) is 23.0 Å². The second kappa shape index (κ2) is 6.24. The minimum absolute atomic E-state index is 0.0325. The van der Waals surface area contributed by atoms with Crippen molar-refractivity contribution < 1.29 is 22.9 Å². The van der Waals surface area contributed by atoms with Gasteiger partial charge in [-0.3, -0.25) is 18.6 Å². The number of fused-ring (bicyclic) bond motifs is 1. The van der Waals surface area contributed by atoms with Gasteiger partial charge in [-0.05, 0) is 12.1 Å². The first-order valence-corrected chi connectivity index (χ1v) is 8.65. The second-order valence-corrected chi connectivity index (χ2v) is 7.20. The fraction of sp³-hybridized carbons (Fsp3) is 0.333. The van der Waals surface area contributed by atoms with Crippen LogP contribution in [0, 0.1) is 0 Å². The number of aromatic hydroxyl groups is 1. The number of hydrogen-bond acceptors (Lipinski definition) is 5. The van der Waals surface area contributed by atoms with Crippen molar-refractivity contribution in [2.24, 2.45) is 7.05 Å². The molecule has 8 nitrogen and oxygen atoms in total. The van der Waals surface area contributed by atoms with Gasteiger partial charge in [-0.2, -0.15) is 0 Å². The Bertz CT molecular complexity index is 986. The lowest BCUT2D eigenvalue weighted by molar-refractivity contribution is -0.117. The van der Waals surface area contributed by atoms with E-state index in [2.05, 4.69) is 10.0 Å². The number of phenolic OH excluding ortho intramolecular Hbond substituents is 1. The van der Waals surface area contributed by atoms with Gasteiger partial charge in [0.05, 0.1) is 17.7 Å². The summed E-state index contributed by atoms with van der Waals surface area (Å²) in [6.07, 6.45) is 0. The van der Waals surface area contributed by atoms with Crippen LogP contribution < -0.4 is 19.9 Å². The molecule has 2 heterocycles. The van der Waals surface area contributed by atoms with Crippen molar-refractivity contribution in [2.45, 2.75) is 12.8 Å². The third-order valence-electron chi connectivity index (χ3n) is 3.87. The molecule has 1 unspecified atom stereocenters. The highest BCUT2D eigenvalue weighted by atomic mass is 32.2. The fourth-order valence-electron chi connectivity index (χ4n) is 2.62. The van der Waals surface area contributed by atoms with Gasteiger partial charge in [0.1, 0.15) is 18.0 Å². The zero-order valence-corrected chi connectivity index (χ0v) is 14.7. The standard InChI is InChI=1S/C15H16F2N4O4S/c1-15(16,17)7-18-9-3-8-4-11(21-6-13(23)19-26(21)25)12(22)5-10(8)20(2)14(9)24/h3-5,18,22H,6-7H2,1-2H3,(H,19,23). The molecule has 1 amide bonds. The number of halogens is 2. The van der Waals surface area contributed by atoms with Crippen LogP contribution in [0.3, 0.4) is 0 Å². The second-order valence-electron chi connectivity index (χ2n) is 6.06. The van der Waals surface area contributed by atoms with Gasteiger partial charge in [0, 0.05) is 25.4 Å². The van der Waals surface area contributed by atoms with E-state index >= 15 is 0 Å². The van der Waals surface area contributed by atoms with E-state index in [1.165, 1.54) is 29.8 Å². The SMILES string of the molecule is Cn1c(=O)c(NCC(C)(F)F)cc2cc(N3CC(=O)NS3=O)c(O)cc21. The predicted molar refractivity (Wildman–Crippen MR) is 93.6 cm³/mol. The van der Waals surface area contributed by atoms with E-state index in [-0.39, 0.29) is 23.7 Å². The lowest BCUT2D eigenvalue weighted by Crippen LogP contribution is -2.28. The maximum absolute atomic E-state index is 13.1. The van der Waals surface area contributed by atoms with Crippen molar-refractivity contribution in [1.82, 2.24) is 9.29 Å². The van der Waals surface area contributed by atoms with Crippen LogP contribution >= 0.6 is 0 Å². The van der Waals surface area contributed by atoms with Gasteiger partial charge in [-0.15, -0.1) is 0 Å². The van der Waals surface area contributed by atoms with Gasteiger partial charge in [0.15, 0.2) is 0 Å². The summed E-state index contributed by atoms with van der Waals surface area (Å²) in [6.45, 7) is -0.188. The minimum atomic E-state index is -3.00. The van der Waals surface area contributed by atoms with E-state index in [4.69, 9.17) is 0 Å². The number of pyridine rings is 1. The highest BCUT2D eigenvalue weighted by Gasteiger charge is 2.29. The maximum atomic E-state index is 13.1. The Kier molecular flexibility index (Phi) is 4.34. The number of aryl methyl sites for hydroxylation is 1. The quantitative estimate of drug-likeness (QED) is 0.722. The molecule has 1 aliphatic heterocycles. The summed E-state index contributed by atoms with van der Waals surface area (Å²) in [5.74, 6) is -3.73. The van der Waals surface area contributed by atoms with Gasteiger partial charge < -0.3 is 15.0 Å². The van der Waals surface area contributed by atoms with Crippen LogP contribution in [-0.2, 0) is 23.0 Å². The summed E-state index contributed by atoms with van der Waals surface area (Å²) in [5.41, 5.74) is -0.0840. The lowest BCUT2D eigenvalue weighted by atomic mass is 10.1. The molecular weight excluding hydrogens is 370 g/mol. The average Bonchev–Trinajstić information content (AvgIpc) is 2.87. The molecule has 0 saturated carbocycles. The molecule has 0 radical (unpaired) electrons. The van der Waals surface area contributed by atoms with E-state index in [0.717, 1.165) is 11.2 Å². The van der Waals surface area contributed by atoms with Crippen LogP contribution in [-0.4, -0.2) is 38.8 Å². The van der Waals surface area contributed by atoms with E-state index in [9.17, 15) is 27.7 Å². The lowest BCUT2D eigenvalue weighted by Gasteiger charge is -2.18. The summed E-state index contributed by atoms with van der Waals surface area (Å²) in [7, 11) is 1.44. The smallest absolute Gasteiger partial charge is 0.274 e. The number of anilines is 2. The number of aromatic nitrogens is 1. The average molecular weight is 386 g/mol. The Balaban J connectivity index is 2.10. The van der Waals surface area contributed by atoms with Crippen LogP contribution in [0.1, 0.15) is 6.92 Å². The summed E-state index contributed by atoms with van der Waals surface area (Å²) >= 11 is -1.83. The first-order valence-electron chi connectivity index (χ1n) is 7.54. The third kappa shape index (κ3) is 3.34. The summed E-state index contributed by atoms with van der Waals surface area (Å²) in [4.78, 5) is 23.7. The number of carbonyl (C=O) groups excluding carboxylic acids is 1. The molecule has 26 heavy (non-hydrogen) atoms. The van der Waals surface area contributed by atoms with E-state index in [0.29, 0.717) is 10.9 Å². The molecule has 0 aliphatic carbocycles. The maximum Gasteiger partial charge on any atom is 0.274 e. The van der Waals surface area contributed by atoms with Crippen LogP contribution in [0.4, 0.5) is 20.2 Å². The monoisotopic (exact) mass is 386 g/mol. The minimum Gasteiger partial charge on any atom is -0.506 e. The molecule has 1 aromatic heterocycles. The highest BCUT2D eigenvalue weighted by Crippen LogP contribution is 2.34. The molecule has 2 aromatic rings. The Morgan fingerprint density at radius 1 is 1.35 bits per heavy atom. The van der Waals surface area contributed by atoms with Gasteiger partial charge in [-0.25, -0.2) is 13.0 Å². The summed E-state index contributed by atoms with van der Waals surface area (Å²) < 4.78 is 42.6. The number of hydrogen-bond donors (Lipinski definition) is 3. The van der Waals surface area contributed by atoms with Crippen molar-refractivity contribution in [2.75, 3.05) is 22.7 Å². The molecule has 1 aromatic carbocycles. The molecule has 1 atom stereocenters. The Labute approximate surface area is 149 Å². The molecule has 1 fully saturated rings. The molecular formula is C15H16F2N4O4S. The Morgan fingerprint density at radius 2 is 2.04 bits per heavy atom. The molecule has 1 saturated heterocycles. The topological polar surface area (TPSA) is 104 Å². The molecule has 0 spiro atoms. The summed E-state index contributed by atoms with van der Waals surface area (Å²) in [5, 5.41) is 13.1. The largest absolute Gasteiger partial charge is 0.506 e. The Morgan fingerprint density at radius 3 is 2.62 bits per heavy atom. The first kappa shape index (κ1) is 18.1. The fourth-order valence-corrected chi connectivity index (χ4v) is 3.55.